The van der Waals surface area contributed by atoms with Crippen LogP contribution in [0.3, 0.4) is 0 Å². The van der Waals surface area contributed by atoms with Crippen molar-refractivity contribution in [1.29, 1.82) is 0 Å². The number of aromatic nitrogens is 1. The number of amides is 1. The Morgan fingerprint density at radius 1 is 1.14 bits per heavy atom. The van der Waals surface area contributed by atoms with Crippen LogP contribution in [0.2, 0.25) is 0 Å². The number of carbonyl (C=O) groups excluding carboxylic acids is 1. The van der Waals surface area contributed by atoms with Crippen LogP contribution in [-0.4, -0.2) is 23.7 Å². The summed E-state index contributed by atoms with van der Waals surface area (Å²) in [6.45, 7) is 4.58. The molecule has 3 aromatic rings. The van der Waals surface area contributed by atoms with Gasteiger partial charge in [-0.25, -0.2) is 0 Å². The fraction of sp³-hybridized carbons (Fsp3) is 0.375. The minimum Gasteiger partial charge on any atom is -0.454 e. The van der Waals surface area contributed by atoms with Crippen molar-refractivity contribution in [3.8, 4) is 11.5 Å². The molecule has 1 aromatic heterocycles. The fourth-order valence-corrected chi connectivity index (χ4v) is 4.46. The second kappa shape index (κ2) is 7.14. The SMILES string of the molecule is Cc1cc2[nH]c3c(c2cc1C)CC(NC(=O)CCc1ccc2c(c1)OCO2)CC3. The van der Waals surface area contributed by atoms with Crippen molar-refractivity contribution in [1.82, 2.24) is 10.3 Å². The summed E-state index contributed by atoms with van der Waals surface area (Å²) in [5.74, 6) is 1.66. The molecule has 2 aliphatic rings. The molecule has 1 unspecified atom stereocenters. The highest BCUT2D eigenvalue weighted by Gasteiger charge is 2.24. The number of rotatable bonds is 4. The van der Waals surface area contributed by atoms with E-state index in [1.54, 1.807) is 0 Å². The summed E-state index contributed by atoms with van der Waals surface area (Å²) in [5, 5.41) is 4.56. The molecule has 2 heterocycles. The van der Waals surface area contributed by atoms with Gasteiger partial charge in [-0.2, -0.15) is 0 Å². The average molecular weight is 390 g/mol. The van der Waals surface area contributed by atoms with E-state index in [-0.39, 0.29) is 18.7 Å². The van der Waals surface area contributed by atoms with E-state index in [9.17, 15) is 4.79 Å². The zero-order chi connectivity index (χ0) is 20.0. The predicted molar refractivity (Wildman–Crippen MR) is 113 cm³/mol. The van der Waals surface area contributed by atoms with Gasteiger partial charge in [0, 0.05) is 29.1 Å². The van der Waals surface area contributed by atoms with Crippen LogP contribution in [0.15, 0.2) is 30.3 Å². The Morgan fingerprint density at radius 3 is 2.86 bits per heavy atom. The third-order valence-electron chi connectivity index (χ3n) is 6.24. The number of hydrogen-bond donors (Lipinski definition) is 2. The summed E-state index contributed by atoms with van der Waals surface area (Å²) in [4.78, 5) is 16.1. The van der Waals surface area contributed by atoms with Crippen molar-refractivity contribution >= 4 is 16.8 Å². The number of aromatic amines is 1. The summed E-state index contributed by atoms with van der Waals surface area (Å²) in [7, 11) is 0. The predicted octanol–water partition coefficient (Wildman–Crippen LogP) is 4.12. The monoisotopic (exact) mass is 390 g/mol. The number of carbonyl (C=O) groups is 1. The molecule has 2 N–H and O–H groups in total. The molecule has 1 aliphatic carbocycles. The van der Waals surface area contributed by atoms with Crippen LogP contribution in [0.5, 0.6) is 11.5 Å². The average Bonchev–Trinajstić information content (AvgIpc) is 3.31. The maximum Gasteiger partial charge on any atom is 0.231 e. The lowest BCUT2D eigenvalue weighted by atomic mass is 9.90. The number of benzene rings is 2. The van der Waals surface area contributed by atoms with Gasteiger partial charge in [0.05, 0.1) is 0 Å². The van der Waals surface area contributed by atoms with E-state index in [1.807, 2.05) is 18.2 Å². The molecule has 0 saturated heterocycles. The minimum absolute atomic E-state index is 0.114. The summed E-state index contributed by atoms with van der Waals surface area (Å²) in [6.07, 6.45) is 4.04. The number of H-pyrrole nitrogens is 1. The molecule has 0 bridgehead atoms. The number of fused-ring (bicyclic) bond motifs is 4. The minimum atomic E-state index is 0.114. The van der Waals surface area contributed by atoms with E-state index in [4.69, 9.17) is 9.47 Å². The van der Waals surface area contributed by atoms with Gasteiger partial charge in [-0.05, 0) is 86.1 Å². The van der Waals surface area contributed by atoms with Crippen molar-refractivity contribution in [3.63, 3.8) is 0 Å². The van der Waals surface area contributed by atoms with E-state index in [0.29, 0.717) is 12.8 Å². The molecule has 0 saturated carbocycles. The maximum absolute atomic E-state index is 12.6. The van der Waals surface area contributed by atoms with Crippen LogP contribution in [0, 0.1) is 13.8 Å². The molecule has 1 atom stereocenters. The zero-order valence-electron chi connectivity index (χ0n) is 16.9. The molecule has 2 aromatic carbocycles. The highest BCUT2D eigenvalue weighted by molar-refractivity contribution is 5.86. The first kappa shape index (κ1) is 18.1. The smallest absolute Gasteiger partial charge is 0.231 e. The molecule has 5 nitrogen and oxygen atoms in total. The van der Waals surface area contributed by atoms with Gasteiger partial charge >= 0.3 is 0 Å². The van der Waals surface area contributed by atoms with E-state index >= 15 is 0 Å². The lowest BCUT2D eigenvalue weighted by molar-refractivity contribution is -0.121. The zero-order valence-corrected chi connectivity index (χ0v) is 16.9. The topological polar surface area (TPSA) is 63.4 Å². The fourth-order valence-electron chi connectivity index (χ4n) is 4.46. The Morgan fingerprint density at radius 2 is 1.97 bits per heavy atom. The molecule has 150 valence electrons. The van der Waals surface area contributed by atoms with Gasteiger partial charge in [0.25, 0.3) is 0 Å². The van der Waals surface area contributed by atoms with Crippen LogP contribution in [0.4, 0.5) is 0 Å². The Hall–Kier alpha value is -2.95. The van der Waals surface area contributed by atoms with Crippen LogP contribution in [0.25, 0.3) is 10.9 Å². The van der Waals surface area contributed by atoms with E-state index < -0.39 is 0 Å². The number of aryl methyl sites for hydroxylation is 4. The molecule has 1 aliphatic heterocycles. The summed E-state index contributed by atoms with van der Waals surface area (Å²) in [6, 6.07) is 10.6. The van der Waals surface area contributed by atoms with Crippen molar-refractivity contribution in [2.45, 2.75) is 52.0 Å². The first-order valence-electron chi connectivity index (χ1n) is 10.4. The molecule has 29 heavy (non-hydrogen) atoms. The lowest BCUT2D eigenvalue weighted by Crippen LogP contribution is -2.38. The van der Waals surface area contributed by atoms with Gasteiger partial charge < -0.3 is 19.8 Å². The molecule has 0 spiro atoms. The first-order valence-corrected chi connectivity index (χ1v) is 10.4. The highest BCUT2D eigenvalue weighted by atomic mass is 16.7. The summed E-state index contributed by atoms with van der Waals surface area (Å²) < 4.78 is 10.8. The van der Waals surface area contributed by atoms with Crippen LogP contribution >= 0.6 is 0 Å². The molecular weight excluding hydrogens is 364 g/mol. The molecule has 5 rings (SSSR count). The van der Waals surface area contributed by atoms with E-state index in [0.717, 1.165) is 36.3 Å². The highest BCUT2D eigenvalue weighted by Crippen LogP contribution is 2.33. The summed E-state index contributed by atoms with van der Waals surface area (Å²) in [5.41, 5.74) is 7.63. The molecule has 5 heteroatoms. The molecule has 0 fully saturated rings. The Kier molecular flexibility index (Phi) is 4.46. The number of hydrogen-bond acceptors (Lipinski definition) is 3. The lowest BCUT2D eigenvalue weighted by Gasteiger charge is -2.23. The largest absolute Gasteiger partial charge is 0.454 e. The van der Waals surface area contributed by atoms with Gasteiger partial charge in [-0.3, -0.25) is 4.79 Å². The van der Waals surface area contributed by atoms with Crippen molar-refractivity contribution < 1.29 is 14.3 Å². The summed E-state index contributed by atoms with van der Waals surface area (Å²) >= 11 is 0. The molecular formula is C24H26N2O3. The second-order valence-corrected chi connectivity index (χ2v) is 8.26. The van der Waals surface area contributed by atoms with Gasteiger partial charge in [0.15, 0.2) is 11.5 Å². The van der Waals surface area contributed by atoms with Gasteiger partial charge in [-0.1, -0.05) is 6.07 Å². The Labute approximate surface area is 170 Å². The third-order valence-corrected chi connectivity index (χ3v) is 6.24. The molecule has 1 amide bonds. The van der Waals surface area contributed by atoms with Crippen molar-refractivity contribution in [2.24, 2.45) is 0 Å². The molecule has 0 radical (unpaired) electrons. The van der Waals surface area contributed by atoms with Crippen LogP contribution in [-0.2, 0) is 24.1 Å². The first-order chi connectivity index (χ1) is 14.1. The van der Waals surface area contributed by atoms with Crippen LogP contribution in [0.1, 0.15) is 40.8 Å². The van der Waals surface area contributed by atoms with Crippen molar-refractivity contribution in [3.05, 3.63) is 58.3 Å². The van der Waals surface area contributed by atoms with Gasteiger partial charge in [0.2, 0.25) is 12.7 Å². The van der Waals surface area contributed by atoms with E-state index in [2.05, 4.69) is 36.3 Å². The Bertz CT molecular complexity index is 1100. The standard InChI is InChI=1S/C24H26N2O3/c1-14-9-18-19-12-17(5-6-20(19)26-21(18)10-15(14)2)25-24(27)8-4-16-3-7-22-23(11-16)29-13-28-22/h3,7,9-11,17,26H,4-6,8,12-13H2,1-2H3,(H,25,27). The number of ether oxygens (including phenoxy) is 2. The number of nitrogens with one attached hydrogen (secondary N) is 2. The van der Waals surface area contributed by atoms with Crippen LogP contribution < -0.4 is 14.8 Å². The van der Waals surface area contributed by atoms with Crippen molar-refractivity contribution in [2.75, 3.05) is 6.79 Å². The Balaban J connectivity index is 1.23. The van der Waals surface area contributed by atoms with Gasteiger partial charge in [-0.15, -0.1) is 0 Å². The third kappa shape index (κ3) is 3.46. The van der Waals surface area contributed by atoms with Gasteiger partial charge in [0.1, 0.15) is 0 Å². The second-order valence-electron chi connectivity index (χ2n) is 8.26. The van der Waals surface area contributed by atoms with E-state index in [1.165, 1.54) is 33.3 Å². The normalized spacial score (nSPS) is 17.4. The quantitative estimate of drug-likeness (QED) is 0.704. The maximum atomic E-state index is 12.6.